The second-order valence-corrected chi connectivity index (χ2v) is 8.07. The molecule has 0 N–H and O–H groups in total. The summed E-state index contributed by atoms with van der Waals surface area (Å²) >= 11 is 1.76. The van der Waals surface area contributed by atoms with E-state index in [1.54, 1.807) is 18.3 Å². The highest BCUT2D eigenvalue weighted by Crippen LogP contribution is 2.28. The van der Waals surface area contributed by atoms with E-state index in [2.05, 4.69) is 25.9 Å². The van der Waals surface area contributed by atoms with E-state index in [9.17, 15) is 4.79 Å². The van der Waals surface area contributed by atoms with Gasteiger partial charge in [0.25, 0.3) is 0 Å². The van der Waals surface area contributed by atoms with E-state index in [4.69, 9.17) is 4.74 Å². The van der Waals surface area contributed by atoms with Crippen molar-refractivity contribution in [3.05, 3.63) is 29.4 Å². The molecule has 140 valence electrons. The van der Waals surface area contributed by atoms with Gasteiger partial charge in [-0.15, -0.1) is 11.3 Å². The lowest BCUT2D eigenvalue weighted by Gasteiger charge is -2.32. The number of hydrogen-bond donors (Lipinski definition) is 0. The van der Waals surface area contributed by atoms with Gasteiger partial charge in [-0.05, 0) is 42.9 Å². The van der Waals surface area contributed by atoms with Crippen molar-refractivity contribution < 1.29 is 9.53 Å². The van der Waals surface area contributed by atoms with E-state index in [-0.39, 0.29) is 12.0 Å². The first-order chi connectivity index (χ1) is 12.7. The van der Waals surface area contributed by atoms with Gasteiger partial charge in [-0.25, -0.2) is 4.98 Å². The van der Waals surface area contributed by atoms with Crippen LogP contribution in [0.4, 0.5) is 0 Å². The van der Waals surface area contributed by atoms with E-state index in [0.717, 1.165) is 18.9 Å². The zero-order valence-electron chi connectivity index (χ0n) is 15.3. The molecule has 0 spiro atoms. The first-order valence-electron chi connectivity index (χ1n) is 9.37. The van der Waals surface area contributed by atoms with Gasteiger partial charge in [-0.2, -0.15) is 0 Å². The Morgan fingerprint density at radius 2 is 2.19 bits per heavy atom. The van der Waals surface area contributed by atoms with Crippen molar-refractivity contribution in [2.45, 2.75) is 39.0 Å². The average Bonchev–Trinajstić information content (AvgIpc) is 3.37. The SMILES string of the molecule is CC(=O)N1CCO[C@H](Cn2ccnc2-c2cc(CN3CCCC3)cs2)C1. The molecule has 4 rings (SSSR count). The first kappa shape index (κ1) is 17.7. The molecule has 1 amide bonds. The fourth-order valence-corrected chi connectivity index (χ4v) is 4.71. The Morgan fingerprint density at radius 1 is 1.35 bits per heavy atom. The van der Waals surface area contributed by atoms with Crippen LogP contribution in [0.5, 0.6) is 0 Å². The van der Waals surface area contributed by atoms with Crippen LogP contribution >= 0.6 is 11.3 Å². The summed E-state index contributed by atoms with van der Waals surface area (Å²) in [6.07, 6.45) is 6.51. The third-order valence-electron chi connectivity index (χ3n) is 5.18. The Kier molecular flexibility index (Phi) is 5.38. The van der Waals surface area contributed by atoms with Gasteiger partial charge in [-0.1, -0.05) is 0 Å². The van der Waals surface area contributed by atoms with E-state index in [1.807, 2.05) is 17.3 Å². The minimum absolute atomic E-state index is 0.0182. The zero-order valence-corrected chi connectivity index (χ0v) is 16.1. The van der Waals surface area contributed by atoms with Gasteiger partial charge in [0.1, 0.15) is 5.82 Å². The average molecular weight is 375 g/mol. The van der Waals surface area contributed by atoms with Crippen molar-refractivity contribution in [1.82, 2.24) is 19.4 Å². The number of thiophene rings is 1. The summed E-state index contributed by atoms with van der Waals surface area (Å²) in [5, 5.41) is 2.25. The fourth-order valence-electron chi connectivity index (χ4n) is 3.79. The zero-order chi connectivity index (χ0) is 17.9. The van der Waals surface area contributed by atoms with Gasteiger partial charge in [0, 0.05) is 39.0 Å². The van der Waals surface area contributed by atoms with E-state index in [0.29, 0.717) is 19.7 Å². The van der Waals surface area contributed by atoms with Crippen molar-refractivity contribution in [2.24, 2.45) is 0 Å². The van der Waals surface area contributed by atoms with Crippen molar-refractivity contribution in [3.8, 4) is 10.7 Å². The lowest BCUT2D eigenvalue weighted by molar-refractivity contribution is -0.136. The van der Waals surface area contributed by atoms with Gasteiger partial charge in [0.15, 0.2) is 0 Å². The Balaban J connectivity index is 1.43. The molecule has 0 unspecified atom stereocenters. The Labute approximate surface area is 158 Å². The molecule has 0 saturated carbocycles. The topological polar surface area (TPSA) is 50.6 Å². The summed E-state index contributed by atoms with van der Waals surface area (Å²) in [4.78, 5) is 21.8. The Morgan fingerprint density at radius 3 is 3.00 bits per heavy atom. The number of likely N-dealkylation sites (tertiary alicyclic amines) is 1. The summed E-state index contributed by atoms with van der Waals surface area (Å²) in [5.74, 6) is 1.11. The van der Waals surface area contributed by atoms with Crippen molar-refractivity contribution in [3.63, 3.8) is 0 Å². The number of nitrogens with zero attached hydrogens (tertiary/aromatic N) is 4. The lowest BCUT2D eigenvalue weighted by Crippen LogP contribution is -2.46. The molecular formula is C19H26N4O2S. The number of morpholine rings is 1. The van der Waals surface area contributed by atoms with Crippen LogP contribution < -0.4 is 0 Å². The third-order valence-corrected chi connectivity index (χ3v) is 6.15. The highest BCUT2D eigenvalue weighted by Gasteiger charge is 2.23. The number of imidazole rings is 1. The standard InChI is InChI=1S/C19H26N4O2S/c1-15(24)22-8-9-25-17(12-22)13-23-7-4-20-19(23)18-10-16(14-26-18)11-21-5-2-3-6-21/h4,7,10,14,17H,2-3,5-6,8-9,11-13H2,1H3/t17-/m0/s1. The summed E-state index contributed by atoms with van der Waals surface area (Å²) < 4.78 is 8.02. The van der Waals surface area contributed by atoms with Crippen LogP contribution in [0.1, 0.15) is 25.3 Å². The van der Waals surface area contributed by atoms with Crippen LogP contribution in [-0.4, -0.2) is 64.1 Å². The number of amides is 1. The normalized spacial score (nSPS) is 21.4. The minimum Gasteiger partial charge on any atom is -0.373 e. The number of carbonyl (C=O) groups is 1. The highest BCUT2D eigenvalue weighted by molar-refractivity contribution is 7.13. The molecule has 0 aliphatic carbocycles. The number of hydrogen-bond acceptors (Lipinski definition) is 5. The van der Waals surface area contributed by atoms with Gasteiger partial charge in [-0.3, -0.25) is 9.69 Å². The van der Waals surface area contributed by atoms with Crippen LogP contribution in [0.25, 0.3) is 10.7 Å². The summed E-state index contributed by atoms with van der Waals surface area (Å²) in [6.45, 7) is 7.75. The predicted molar refractivity (Wildman–Crippen MR) is 102 cm³/mol. The quantitative estimate of drug-likeness (QED) is 0.807. The van der Waals surface area contributed by atoms with Gasteiger partial charge >= 0.3 is 0 Å². The molecular weight excluding hydrogens is 348 g/mol. The molecule has 2 aliphatic heterocycles. The molecule has 0 radical (unpaired) electrons. The number of carbonyl (C=O) groups excluding carboxylic acids is 1. The van der Waals surface area contributed by atoms with Crippen molar-refractivity contribution in [1.29, 1.82) is 0 Å². The molecule has 6 nitrogen and oxygen atoms in total. The molecule has 26 heavy (non-hydrogen) atoms. The first-order valence-corrected chi connectivity index (χ1v) is 10.3. The molecule has 0 aromatic carbocycles. The molecule has 2 fully saturated rings. The van der Waals surface area contributed by atoms with Gasteiger partial charge < -0.3 is 14.2 Å². The molecule has 2 aliphatic rings. The Hall–Kier alpha value is -1.70. The second-order valence-electron chi connectivity index (χ2n) is 7.16. The van der Waals surface area contributed by atoms with Crippen LogP contribution in [0.3, 0.4) is 0 Å². The van der Waals surface area contributed by atoms with Gasteiger partial charge in [0.2, 0.25) is 5.91 Å². The molecule has 2 aromatic rings. The number of aromatic nitrogens is 2. The van der Waals surface area contributed by atoms with Crippen LogP contribution in [-0.2, 0) is 22.6 Å². The summed E-state index contributed by atoms with van der Waals surface area (Å²) in [7, 11) is 0. The maximum Gasteiger partial charge on any atom is 0.219 e. The molecule has 2 aromatic heterocycles. The Bertz CT molecular complexity index is 750. The monoisotopic (exact) mass is 374 g/mol. The van der Waals surface area contributed by atoms with Crippen LogP contribution in [0.2, 0.25) is 0 Å². The second kappa shape index (κ2) is 7.90. The maximum absolute atomic E-state index is 11.6. The summed E-state index contributed by atoms with van der Waals surface area (Å²) in [5.41, 5.74) is 1.37. The predicted octanol–water partition coefficient (Wildman–Crippen LogP) is 2.45. The van der Waals surface area contributed by atoms with Crippen LogP contribution in [0, 0.1) is 0 Å². The largest absolute Gasteiger partial charge is 0.373 e. The fraction of sp³-hybridized carbons (Fsp3) is 0.579. The number of rotatable bonds is 5. The lowest BCUT2D eigenvalue weighted by atomic mass is 10.2. The van der Waals surface area contributed by atoms with E-state index >= 15 is 0 Å². The van der Waals surface area contributed by atoms with Crippen molar-refractivity contribution in [2.75, 3.05) is 32.8 Å². The smallest absolute Gasteiger partial charge is 0.219 e. The van der Waals surface area contributed by atoms with Gasteiger partial charge in [0.05, 0.1) is 24.1 Å². The highest BCUT2D eigenvalue weighted by atomic mass is 32.1. The van der Waals surface area contributed by atoms with Crippen LogP contribution in [0.15, 0.2) is 23.8 Å². The molecule has 4 heterocycles. The molecule has 0 bridgehead atoms. The van der Waals surface area contributed by atoms with E-state index in [1.165, 1.54) is 36.4 Å². The minimum atomic E-state index is 0.0182. The number of ether oxygens (including phenoxy) is 1. The molecule has 7 heteroatoms. The van der Waals surface area contributed by atoms with Crippen molar-refractivity contribution >= 4 is 17.2 Å². The molecule has 2 saturated heterocycles. The summed E-state index contributed by atoms with van der Waals surface area (Å²) in [6, 6.07) is 2.27. The molecule has 1 atom stereocenters. The maximum atomic E-state index is 11.6. The van der Waals surface area contributed by atoms with E-state index < -0.39 is 0 Å². The third kappa shape index (κ3) is 4.00.